The van der Waals surface area contributed by atoms with Gasteiger partial charge in [0.1, 0.15) is 0 Å². The summed E-state index contributed by atoms with van der Waals surface area (Å²) in [5.74, 6) is 0.655. The zero-order chi connectivity index (χ0) is 12.2. The molecule has 1 rings (SSSR count). The van der Waals surface area contributed by atoms with E-state index in [4.69, 9.17) is 0 Å². The number of hydrogen-bond donors (Lipinski definition) is 1. The van der Waals surface area contributed by atoms with Crippen molar-refractivity contribution >= 4 is 6.20 Å². The van der Waals surface area contributed by atoms with Gasteiger partial charge in [0, 0.05) is 24.5 Å². The number of hydrogen-bond acceptors (Lipinski definition) is 2. The van der Waals surface area contributed by atoms with Crippen LogP contribution in [0.3, 0.4) is 0 Å². The van der Waals surface area contributed by atoms with Gasteiger partial charge in [-0.05, 0) is 17.9 Å². The highest BCUT2D eigenvalue weighted by molar-refractivity contribution is 5.17. The Morgan fingerprint density at radius 1 is 1.56 bits per heavy atom. The minimum Gasteiger partial charge on any atom is -0.312 e. The zero-order valence-corrected chi connectivity index (χ0v) is 10.8. The first kappa shape index (κ1) is 13.0. The fourth-order valence-electron chi connectivity index (χ4n) is 1.31. The van der Waals surface area contributed by atoms with Crippen molar-refractivity contribution in [2.75, 3.05) is 6.54 Å². The largest absolute Gasteiger partial charge is 0.312 e. The van der Waals surface area contributed by atoms with E-state index in [1.165, 1.54) is 5.56 Å². The van der Waals surface area contributed by atoms with Crippen LogP contribution in [0, 0.1) is 11.3 Å². The van der Waals surface area contributed by atoms with Crippen LogP contribution >= 0.6 is 0 Å². The number of nitrogens with one attached hydrogen (secondary N) is 1. The van der Waals surface area contributed by atoms with Gasteiger partial charge in [-0.3, -0.25) is 0 Å². The van der Waals surface area contributed by atoms with Crippen LogP contribution in [0.25, 0.3) is 6.20 Å². The van der Waals surface area contributed by atoms with Crippen LogP contribution < -0.4 is 5.32 Å². The Morgan fingerprint density at radius 3 is 2.75 bits per heavy atom. The summed E-state index contributed by atoms with van der Waals surface area (Å²) >= 11 is 0. The van der Waals surface area contributed by atoms with Gasteiger partial charge in [0.25, 0.3) is 0 Å². The Morgan fingerprint density at radius 2 is 2.25 bits per heavy atom. The maximum Gasteiger partial charge on any atom is 0.0538 e. The van der Waals surface area contributed by atoms with Gasteiger partial charge in [0.05, 0.1) is 6.20 Å². The molecule has 1 aromatic heterocycles. The summed E-state index contributed by atoms with van der Waals surface area (Å²) in [5.41, 5.74) is 1.55. The van der Waals surface area contributed by atoms with Crippen molar-refractivity contribution in [3.63, 3.8) is 0 Å². The van der Waals surface area contributed by atoms with E-state index in [-0.39, 0.29) is 0 Å². The topological polar surface area (TPSA) is 29.9 Å². The van der Waals surface area contributed by atoms with E-state index >= 15 is 0 Å². The van der Waals surface area contributed by atoms with Crippen molar-refractivity contribution in [3.8, 4) is 0 Å². The van der Waals surface area contributed by atoms with Gasteiger partial charge in [-0.15, -0.1) is 0 Å². The summed E-state index contributed by atoms with van der Waals surface area (Å²) in [4.78, 5) is 0. The lowest BCUT2D eigenvalue weighted by atomic mass is 9.82. The van der Waals surface area contributed by atoms with Crippen molar-refractivity contribution in [1.29, 1.82) is 0 Å². The summed E-state index contributed by atoms with van der Waals surface area (Å²) in [6.07, 6.45) is 5.56. The molecule has 0 amide bonds. The van der Waals surface area contributed by atoms with Gasteiger partial charge in [0.15, 0.2) is 0 Å². The first-order valence-corrected chi connectivity index (χ1v) is 5.80. The lowest BCUT2D eigenvalue weighted by Gasteiger charge is -2.27. The molecule has 3 nitrogen and oxygen atoms in total. The van der Waals surface area contributed by atoms with E-state index in [1.54, 1.807) is 10.9 Å². The third-order valence-corrected chi connectivity index (χ3v) is 3.10. The molecule has 0 radical (unpaired) electrons. The Balaban J connectivity index is 2.33. The van der Waals surface area contributed by atoms with E-state index in [1.807, 2.05) is 12.4 Å². The van der Waals surface area contributed by atoms with Gasteiger partial charge < -0.3 is 5.32 Å². The smallest absolute Gasteiger partial charge is 0.0538 e. The molecule has 1 heterocycles. The molecule has 0 aliphatic heterocycles. The van der Waals surface area contributed by atoms with Crippen LogP contribution in [0.4, 0.5) is 0 Å². The lowest BCUT2D eigenvalue weighted by Crippen LogP contribution is -2.29. The van der Waals surface area contributed by atoms with Crippen LogP contribution in [0.5, 0.6) is 0 Å². The first-order valence-electron chi connectivity index (χ1n) is 5.80. The molecular formula is C13H23N3. The minimum atomic E-state index is 0.359. The summed E-state index contributed by atoms with van der Waals surface area (Å²) in [7, 11) is 0. The average molecular weight is 221 g/mol. The van der Waals surface area contributed by atoms with Gasteiger partial charge in [-0.1, -0.05) is 34.3 Å². The van der Waals surface area contributed by atoms with Crippen molar-refractivity contribution < 1.29 is 0 Å². The normalized spacial score (nSPS) is 13.8. The monoisotopic (exact) mass is 221 g/mol. The highest BCUT2D eigenvalue weighted by atomic mass is 15.2. The molecular weight excluding hydrogens is 198 g/mol. The number of nitrogens with zero attached hydrogens (tertiary/aromatic N) is 2. The van der Waals surface area contributed by atoms with Crippen molar-refractivity contribution in [2.24, 2.45) is 11.3 Å². The maximum atomic E-state index is 4.14. The highest BCUT2D eigenvalue weighted by Crippen LogP contribution is 2.24. The Bertz CT molecular complexity index is 333. The Kier molecular flexibility index (Phi) is 4.30. The average Bonchev–Trinajstić information content (AvgIpc) is 2.64. The summed E-state index contributed by atoms with van der Waals surface area (Å²) in [5, 5.41) is 7.60. The SMILES string of the molecule is C=Cn1cc(CNCC(C)C(C)(C)C)cn1. The molecule has 3 heteroatoms. The molecule has 0 aliphatic carbocycles. The van der Waals surface area contributed by atoms with Crippen LogP contribution in [-0.4, -0.2) is 16.3 Å². The van der Waals surface area contributed by atoms with Gasteiger partial charge in [-0.2, -0.15) is 5.10 Å². The molecule has 0 saturated carbocycles. The van der Waals surface area contributed by atoms with Crippen molar-refractivity contribution in [2.45, 2.75) is 34.2 Å². The molecule has 0 fully saturated rings. The standard InChI is InChI=1S/C13H23N3/c1-6-16-10-12(9-15-16)8-14-7-11(2)13(3,4)5/h6,9-11,14H,1,7-8H2,2-5H3. The fraction of sp³-hybridized carbons (Fsp3) is 0.615. The third-order valence-electron chi connectivity index (χ3n) is 3.10. The first-order chi connectivity index (χ1) is 7.43. The Hall–Kier alpha value is -1.09. The van der Waals surface area contributed by atoms with Crippen molar-refractivity contribution in [1.82, 2.24) is 15.1 Å². The molecule has 0 bridgehead atoms. The lowest BCUT2D eigenvalue weighted by molar-refractivity contribution is 0.252. The molecule has 1 unspecified atom stereocenters. The minimum absolute atomic E-state index is 0.359. The molecule has 0 spiro atoms. The summed E-state index contributed by atoms with van der Waals surface area (Å²) in [6.45, 7) is 14.7. The van der Waals surface area contributed by atoms with Gasteiger partial charge in [-0.25, -0.2) is 4.68 Å². The molecule has 1 N–H and O–H groups in total. The molecule has 0 aromatic carbocycles. The zero-order valence-electron chi connectivity index (χ0n) is 10.8. The van der Waals surface area contributed by atoms with Gasteiger partial charge >= 0.3 is 0 Å². The molecule has 90 valence electrons. The van der Waals surface area contributed by atoms with Crippen LogP contribution in [0.15, 0.2) is 19.0 Å². The highest BCUT2D eigenvalue weighted by Gasteiger charge is 2.19. The van der Waals surface area contributed by atoms with E-state index in [0.29, 0.717) is 11.3 Å². The second kappa shape index (κ2) is 5.30. The van der Waals surface area contributed by atoms with E-state index in [9.17, 15) is 0 Å². The number of aromatic nitrogens is 2. The quantitative estimate of drug-likeness (QED) is 0.828. The van der Waals surface area contributed by atoms with E-state index in [0.717, 1.165) is 13.1 Å². The molecule has 16 heavy (non-hydrogen) atoms. The van der Waals surface area contributed by atoms with Gasteiger partial charge in [0.2, 0.25) is 0 Å². The number of rotatable bonds is 5. The van der Waals surface area contributed by atoms with Crippen molar-refractivity contribution in [3.05, 3.63) is 24.5 Å². The molecule has 1 aromatic rings. The van der Waals surface area contributed by atoms with Crippen LogP contribution in [0.1, 0.15) is 33.3 Å². The molecule has 0 aliphatic rings. The predicted molar refractivity (Wildman–Crippen MR) is 68.9 cm³/mol. The maximum absolute atomic E-state index is 4.14. The second-order valence-corrected chi connectivity index (χ2v) is 5.41. The van der Waals surface area contributed by atoms with E-state index < -0.39 is 0 Å². The van der Waals surface area contributed by atoms with Crippen LogP contribution in [-0.2, 0) is 6.54 Å². The summed E-state index contributed by atoms with van der Waals surface area (Å²) in [6, 6.07) is 0. The van der Waals surface area contributed by atoms with Crippen LogP contribution in [0.2, 0.25) is 0 Å². The fourth-order valence-corrected chi connectivity index (χ4v) is 1.31. The van der Waals surface area contributed by atoms with E-state index in [2.05, 4.69) is 44.7 Å². The third kappa shape index (κ3) is 3.81. The predicted octanol–water partition coefficient (Wildman–Crippen LogP) is 2.76. The second-order valence-electron chi connectivity index (χ2n) is 5.41. The molecule has 0 saturated heterocycles. The molecule has 1 atom stereocenters. The summed E-state index contributed by atoms with van der Waals surface area (Å²) < 4.78 is 1.73. The Labute approximate surface area is 98.5 Å².